The van der Waals surface area contributed by atoms with Crippen molar-refractivity contribution in [2.45, 2.75) is 25.2 Å². The van der Waals surface area contributed by atoms with Gasteiger partial charge in [0.25, 0.3) is 0 Å². The fraction of sp³-hybridized carbons (Fsp3) is 0.333. The van der Waals surface area contributed by atoms with Crippen LogP contribution in [0.5, 0.6) is 0 Å². The minimum atomic E-state index is 0.0958. The van der Waals surface area contributed by atoms with E-state index >= 15 is 0 Å². The molecule has 3 heteroatoms. The fourth-order valence-electron chi connectivity index (χ4n) is 3.48. The number of fused-ring (bicyclic) bond motifs is 1. The SMILES string of the molecule is Clc1ccc([C@@H]2OCC[C@H]2[C@H]2OCc3ccccc32)cc1. The highest BCUT2D eigenvalue weighted by Crippen LogP contribution is 2.47. The first kappa shape index (κ1) is 13.3. The smallest absolute Gasteiger partial charge is 0.0890 e. The van der Waals surface area contributed by atoms with Crippen LogP contribution >= 0.6 is 11.6 Å². The number of halogens is 1. The molecule has 0 N–H and O–H groups in total. The van der Waals surface area contributed by atoms with Crippen molar-refractivity contribution in [3.05, 3.63) is 70.2 Å². The van der Waals surface area contributed by atoms with E-state index in [0.717, 1.165) is 18.1 Å². The summed E-state index contributed by atoms with van der Waals surface area (Å²) in [4.78, 5) is 0. The van der Waals surface area contributed by atoms with Gasteiger partial charge in [0, 0.05) is 17.5 Å². The molecule has 0 radical (unpaired) electrons. The van der Waals surface area contributed by atoms with Crippen molar-refractivity contribution in [2.24, 2.45) is 5.92 Å². The zero-order valence-corrected chi connectivity index (χ0v) is 12.4. The van der Waals surface area contributed by atoms with Gasteiger partial charge in [0.05, 0.1) is 18.8 Å². The maximum Gasteiger partial charge on any atom is 0.0890 e. The highest BCUT2D eigenvalue weighted by atomic mass is 35.5. The zero-order valence-electron chi connectivity index (χ0n) is 11.7. The lowest BCUT2D eigenvalue weighted by Crippen LogP contribution is -2.16. The molecule has 2 aromatic carbocycles. The Morgan fingerprint density at radius 2 is 1.71 bits per heavy atom. The van der Waals surface area contributed by atoms with Gasteiger partial charge in [-0.2, -0.15) is 0 Å². The summed E-state index contributed by atoms with van der Waals surface area (Å²) in [6.45, 7) is 1.50. The molecule has 1 saturated heterocycles. The van der Waals surface area contributed by atoms with Crippen molar-refractivity contribution < 1.29 is 9.47 Å². The van der Waals surface area contributed by atoms with Gasteiger partial charge in [-0.1, -0.05) is 48.0 Å². The van der Waals surface area contributed by atoms with E-state index in [4.69, 9.17) is 21.1 Å². The third kappa shape index (κ3) is 2.38. The molecule has 1 fully saturated rings. The molecule has 2 aliphatic heterocycles. The van der Waals surface area contributed by atoms with E-state index in [-0.39, 0.29) is 12.2 Å². The minimum absolute atomic E-state index is 0.0958. The third-order valence-corrected chi connectivity index (χ3v) is 4.76. The Kier molecular flexibility index (Phi) is 3.46. The van der Waals surface area contributed by atoms with Crippen molar-refractivity contribution in [1.29, 1.82) is 0 Å². The summed E-state index contributed by atoms with van der Waals surface area (Å²) in [7, 11) is 0. The second-order valence-electron chi connectivity index (χ2n) is 5.73. The van der Waals surface area contributed by atoms with E-state index in [1.54, 1.807) is 0 Å². The summed E-state index contributed by atoms with van der Waals surface area (Å²) in [5, 5.41) is 0.760. The zero-order chi connectivity index (χ0) is 14.2. The van der Waals surface area contributed by atoms with Crippen LogP contribution < -0.4 is 0 Å². The monoisotopic (exact) mass is 300 g/mol. The largest absolute Gasteiger partial charge is 0.373 e. The van der Waals surface area contributed by atoms with E-state index in [1.807, 2.05) is 12.1 Å². The van der Waals surface area contributed by atoms with Crippen molar-refractivity contribution >= 4 is 11.6 Å². The van der Waals surface area contributed by atoms with Gasteiger partial charge in [-0.25, -0.2) is 0 Å². The highest BCUT2D eigenvalue weighted by molar-refractivity contribution is 6.30. The van der Waals surface area contributed by atoms with Crippen molar-refractivity contribution in [3.63, 3.8) is 0 Å². The molecular weight excluding hydrogens is 284 g/mol. The van der Waals surface area contributed by atoms with Gasteiger partial charge in [0.15, 0.2) is 0 Å². The Hall–Kier alpha value is -1.35. The summed E-state index contributed by atoms with van der Waals surface area (Å²) in [5.41, 5.74) is 3.83. The molecule has 0 saturated carbocycles. The van der Waals surface area contributed by atoms with Gasteiger partial charge in [0.1, 0.15) is 0 Å². The molecule has 0 aromatic heterocycles. The lowest BCUT2D eigenvalue weighted by Gasteiger charge is -2.25. The van der Waals surface area contributed by atoms with Gasteiger partial charge in [-0.15, -0.1) is 0 Å². The summed E-state index contributed by atoms with van der Waals surface area (Å²) >= 11 is 5.98. The van der Waals surface area contributed by atoms with Crippen LogP contribution in [0.15, 0.2) is 48.5 Å². The summed E-state index contributed by atoms with van der Waals surface area (Å²) in [5.74, 6) is 0.370. The Bertz CT molecular complexity index is 638. The van der Waals surface area contributed by atoms with Crippen LogP contribution in [0.1, 0.15) is 35.3 Å². The Balaban J connectivity index is 1.64. The van der Waals surface area contributed by atoms with Crippen LogP contribution in [-0.2, 0) is 16.1 Å². The van der Waals surface area contributed by atoms with Crippen LogP contribution in [0.4, 0.5) is 0 Å². The van der Waals surface area contributed by atoms with Crippen LogP contribution in [0.25, 0.3) is 0 Å². The predicted molar refractivity (Wildman–Crippen MR) is 82.2 cm³/mol. The molecule has 108 valence electrons. The van der Waals surface area contributed by atoms with Gasteiger partial charge >= 0.3 is 0 Å². The molecule has 3 atom stereocenters. The molecule has 2 nitrogen and oxygen atoms in total. The topological polar surface area (TPSA) is 18.5 Å². The number of hydrogen-bond acceptors (Lipinski definition) is 2. The number of rotatable bonds is 2. The van der Waals surface area contributed by atoms with Gasteiger partial charge < -0.3 is 9.47 Å². The molecule has 0 amide bonds. The van der Waals surface area contributed by atoms with E-state index in [2.05, 4.69) is 36.4 Å². The normalized spacial score (nSPS) is 27.8. The quantitative estimate of drug-likeness (QED) is 0.801. The average molecular weight is 301 g/mol. The first-order valence-electron chi connectivity index (χ1n) is 7.39. The van der Waals surface area contributed by atoms with E-state index in [1.165, 1.54) is 16.7 Å². The maximum absolute atomic E-state index is 6.08. The molecule has 0 spiro atoms. The number of ether oxygens (including phenoxy) is 2. The van der Waals surface area contributed by atoms with E-state index < -0.39 is 0 Å². The Morgan fingerprint density at radius 3 is 2.57 bits per heavy atom. The first-order chi connectivity index (χ1) is 10.3. The summed E-state index contributed by atoms with van der Waals surface area (Å²) in [6, 6.07) is 16.5. The Labute approximate surface area is 129 Å². The van der Waals surface area contributed by atoms with Crippen LogP contribution in [0, 0.1) is 5.92 Å². The second-order valence-corrected chi connectivity index (χ2v) is 6.16. The van der Waals surface area contributed by atoms with Crippen LogP contribution in [-0.4, -0.2) is 6.61 Å². The van der Waals surface area contributed by atoms with Crippen LogP contribution in [0.2, 0.25) is 5.02 Å². The van der Waals surface area contributed by atoms with Crippen molar-refractivity contribution in [1.82, 2.24) is 0 Å². The predicted octanol–water partition coefficient (Wildman–Crippen LogP) is 4.69. The number of benzene rings is 2. The maximum atomic E-state index is 6.08. The first-order valence-corrected chi connectivity index (χ1v) is 7.77. The van der Waals surface area contributed by atoms with Crippen molar-refractivity contribution in [2.75, 3.05) is 6.61 Å². The molecule has 4 rings (SSSR count). The number of hydrogen-bond donors (Lipinski definition) is 0. The summed E-state index contributed by atoms with van der Waals surface area (Å²) in [6.07, 6.45) is 1.27. The van der Waals surface area contributed by atoms with Gasteiger partial charge in [-0.05, 0) is 35.2 Å². The molecular formula is C18H17ClO2. The van der Waals surface area contributed by atoms with Gasteiger partial charge in [0.2, 0.25) is 0 Å². The average Bonchev–Trinajstić information content (AvgIpc) is 3.14. The lowest BCUT2D eigenvalue weighted by molar-refractivity contribution is -0.0116. The molecule has 2 aromatic rings. The standard InChI is InChI=1S/C18H17ClO2/c19-14-7-5-12(6-8-14)17-16(9-10-20-17)18-15-4-2-1-3-13(15)11-21-18/h1-8,16-18H,9-11H2/t16-,17+,18+/m1/s1. The second kappa shape index (κ2) is 5.45. The Morgan fingerprint density at radius 1 is 0.905 bits per heavy atom. The lowest BCUT2D eigenvalue weighted by atomic mass is 9.86. The minimum Gasteiger partial charge on any atom is -0.373 e. The van der Waals surface area contributed by atoms with E-state index in [0.29, 0.717) is 12.5 Å². The molecule has 2 heterocycles. The van der Waals surface area contributed by atoms with E-state index in [9.17, 15) is 0 Å². The molecule has 0 aliphatic carbocycles. The fourth-order valence-corrected chi connectivity index (χ4v) is 3.60. The molecule has 2 aliphatic rings. The molecule has 0 unspecified atom stereocenters. The third-order valence-electron chi connectivity index (χ3n) is 4.50. The molecule has 21 heavy (non-hydrogen) atoms. The molecule has 0 bridgehead atoms. The van der Waals surface area contributed by atoms with Crippen LogP contribution in [0.3, 0.4) is 0 Å². The highest BCUT2D eigenvalue weighted by Gasteiger charge is 2.40. The van der Waals surface area contributed by atoms with Crippen molar-refractivity contribution in [3.8, 4) is 0 Å². The van der Waals surface area contributed by atoms with Gasteiger partial charge in [-0.3, -0.25) is 0 Å². The summed E-state index contributed by atoms with van der Waals surface area (Å²) < 4.78 is 12.1.